The van der Waals surface area contributed by atoms with Crippen molar-refractivity contribution < 1.29 is 25.0 Å². The highest BCUT2D eigenvalue weighted by molar-refractivity contribution is 6.09. The molecule has 1 aliphatic rings. The van der Waals surface area contributed by atoms with Gasteiger partial charge in [-0.1, -0.05) is 0 Å². The van der Waals surface area contributed by atoms with Gasteiger partial charge in [0.25, 0.3) is 5.69 Å². The quantitative estimate of drug-likeness (QED) is 0.391. The normalized spacial score (nSPS) is 13.9. The molecule has 0 atom stereocenters. The summed E-state index contributed by atoms with van der Waals surface area (Å²) in [5.41, 5.74) is 1.00. The van der Waals surface area contributed by atoms with Gasteiger partial charge in [-0.25, -0.2) is 0 Å². The fourth-order valence-corrected chi connectivity index (χ4v) is 2.89. The van der Waals surface area contributed by atoms with Crippen molar-refractivity contribution in [2.45, 2.75) is 12.8 Å². The average Bonchev–Trinajstić information content (AvgIpc) is 3.02. The van der Waals surface area contributed by atoms with Crippen LogP contribution in [0.25, 0.3) is 0 Å². The molecular formula is C15H11N5O8. The van der Waals surface area contributed by atoms with Crippen molar-refractivity contribution in [3.05, 3.63) is 65.7 Å². The Kier molecular flexibility index (Phi) is 4.48. The molecule has 0 unspecified atom stereocenters. The molecule has 13 heteroatoms. The number of nitrogens with one attached hydrogen (secondary N) is 1. The third-order valence-electron chi connectivity index (χ3n) is 4.14. The summed E-state index contributed by atoms with van der Waals surface area (Å²) >= 11 is 0. The van der Waals surface area contributed by atoms with Crippen LogP contribution in [0.4, 0.5) is 22.7 Å². The van der Waals surface area contributed by atoms with E-state index >= 15 is 0 Å². The average molecular weight is 389 g/mol. The summed E-state index contributed by atoms with van der Waals surface area (Å²) in [7, 11) is 0. The number of hydrogen-bond donors (Lipinski definition) is 3. The number of rotatable bonds is 5. The van der Waals surface area contributed by atoms with E-state index in [-0.39, 0.29) is 23.4 Å². The largest absolute Gasteiger partial charge is 0.504 e. The Balaban J connectivity index is 2.04. The number of phenolic OH excluding ortho intramolecular Hbond substituents is 2. The summed E-state index contributed by atoms with van der Waals surface area (Å²) in [6.45, 7) is 0. The molecule has 0 amide bonds. The first kappa shape index (κ1) is 18.5. The van der Waals surface area contributed by atoms with Gasteiger partial charge in [0.05, 0.1) is 32.1 Å². The first-order chi connectivity index (χ1) is 13.2. The Hall–Kier alpha value is -4.29. The minimum atomic E-state index is -0.903. The molecule has 1 aliphatic carbocycles. The van der Waals surface area contributed by atoms with E-state index in [0.29, 0.717) is 12.0 Å². The third kappa shape index (κ3) is 3.11. The number of hydrazone groups is 1. The molecule has 0 bridgehead atoms. The Morgan fingerprint density at radius 2 is 1.68 bits per heavy atom. The number of hydrogen-bond acceptors (Lipinski definition) is 10. The lowest BCUT2D eigenvalue weighted by Gasteiger charge is -2.07. The highest BCUT2D eigenvalue weighted by atomic mass is 16.6. The minimum Gasteiger partial charge on any atom is -0.504 e. The summed E-state index contributed by atoms with van der Waals surface area (Å²) in [6.07, 6.45) is 0.514. The van der Waals surface area contributed by atoms with E-state index in [1.165, 1.54) is 6.07 Å². The number of anilines is 1. The highest BCUT2D eigenvalue weighted by Gasteiger charge is 2.33. The number of non-ortho nitro benzene ring substituents is 1. The molecule has 2 aromatic carbocycles. The van der Waals surface area contributed by atoms with Crippen molar-refractivity contribution in [3.8, 4) is 11.5 Å². The second-order valence-electron chi connectivity index (χ2n) is 5.77. The zero-order valence-corrected chi connectivity index (χ0v) is 13.9. The van der Waals surface area contributed by atoms with E-state index in [9.17, 15) is 40.6 Å². The molecule has 0 aliphatic heterocycles. The lowest BCUT2D eigenvalue weighted by molar-refractivity contribution is -0.393. The summed E-state index contributed by atoms with van der Waals surface area (Å²) in [6, 6.07) is 4.09. The molecule has 0 saturated carbocycles. The summed E-state index contributed by atoms with van der Waals surface area (Å²) in [5, 5.41) is 56.7. The molecule has 28 heavy (non-hydrogen) atoms. The molecule has 2 aromatic rings. The van der Waals surface area contributed by atoms with Crippen LogP contribution in [0.1, 0.15) is 17.5 Å². The molecular weight excluding hydrogens is 378 g/mol. The van der Waals surface area contributed by atoms with Crippen LogP contribution in [-0.4, -0.2) is 30.7 Å². The van der Waals surface area contributed by atoms with E-state index in [2.05, 4.69) is 10.5 Å². The van der Waals surface area contributed by atoms with Gasteiger partial charge in [0.1, 0.15) is 5.69 Å². The summed E-state index contributed by atoms with van der Waals surface area (Å²) in [4.78, 5) is 30.8. The molecule has 144 valence electrons. The molecule has 0 heterocycles. The number of fused-ring (bicyclic) bond motifs is 1. The van der Waals surface area contributed by atoms with Crippen LogP contribution in [0.5, 0.6) is 11.5 Å². The van der Waals surface area contributed by atoms with Gasteiger partial charge in [0.15, 0.2) is 5.75 Å². The first-order valence-electron chi connectivity index (χ1n) is 7.68. The van der Waals surface area contributed by atoms with Crippen LogP contribution in [0.15, 0.2) is 29.4 Å². The van der Waals surface area contributed by atoms with Gasteiger partial charge in [0, 0.05) is 6.07 Å². The standard InChI is InChI=1S/C15H11N5O8/c21-12-5-7-1-3-10(13(7)14(15(12)22)20(27)28)17-16-9-4-2-8(18(23)24)6-11(9)19(25)26/h2,4-6,16,21-22H,1,3H2/b17-10-. The Morgan fingerprint density at radius 1 is 0.964 bits per heavy atom. The fourth-order valence-electron chi connectivity index (χ4n) is 2.89. The lowest BCUT2D eigenvalue weighted by atomic mass is 10.1. The van der Waals surface area contributed by atoms with Crippen molar-refractivity contribution >= 4 is 28.5 Å². The zero-order valence-electron chi connectivity index (χ0n) is 13.9. The van der Waals surface area contributed by atoms with Gasteiger partial charge in [-0.2, -0.15) is 5.10 Å². The summed E-state index contributed by atoms with van der Waals surface area (Å²) < 4.78 is 0. The van der Waals surface area contributed by atoms with Crippen LogP contribution in [0.2, 0.25) is 0 Å². The van der Waals surface area contributed by atoms with E-state index < -0.39 is 43.3 Å². The van der Waals surface area contributed by atoms with Gasteiger partial charge in [-0.05, 0) is 30.5 Å². The van der Waals surface area contributed by atoms with Gasteiger partial charge >= 0.3 is 11.4 Å². The van der Waals surface area contributed by atoms with Crippen molar-refractivity contribution in [3.63, 3.8) is 0 Å². The van der Waals surface area contributed by atoms with E-state index in [1.54, 1.807) is 0 Å². The molecule has 0 radical (unpaired) electrons. The molecule has 0 aromatic heterocycles. The predicted octanol–water partition coefficient (Wildman–Crippen LogP) is 2.58. The SMILES string of the molecule is O=[N+]([O-])c1ccc(N/N=C2/CCc3cc(O)c(O)c([N+](=O)[O-])c32)c([N+](=O)[O-])c1. The number of nitrogens with zero attached hydrogens (tertiary/aromatic N) is 4. The van der Waals surface area contributed by atoms with Crippen molar-refractivity contribution in [1.29, 1.82) is 0 Å². The van der Waals surface area contributed by atoms with E-state index in [1.807, 2.05) is 0 Å². The monoisotopic (exact) mass is 389 g/mol. The molecule has 3 rings (SSSR count). The van der Waals surface area contributed by atoms with Gasteiger partial charge in [-0.15, -0.1) is 0 Å². The van der Waals surface area contributed by atoms with Crippen LogP contribution in [0, 0.1) is 30.3 Å². The van der Waals surface area contributed by atoms with Gasteiger partial charge < -0.3 is 10.2 Å². The number of aromatic hydroxyl groups is 2. The zero-order chi connectivity index (χ0) is 20.6. The number of nitro benzene ring substituents is 3. The molecule has 0 fully saturated rings. The van der Waals surface area contributed by atoms with Crippen molar-refractivity contribution in [2.75, 3.05) is 5.43 Å². The fraction of sp³-hybridized carbons (Fsp3) is 0.133. The van der Waals surface area contributed by atoms with E-state index in [4.69, 9.17) is 0 Å². The Labute approximate surface area is 155 Å². The number of benzene rings is 2. The van der Waals surface area contributed by atoms with Crippen LogP contribution in [-0.2, 0) is 6.42 Å². The lowest BCUT2D eigenvalue weighted by Crippen LogP contribution is -2.05. The minimum absolute atomic E-state index is 0.0114. The maximum absolute atomic E-state index is 11.3. The number of aryl methyl sites for hydroxylation is 1. The van der Waals surface area contributed by atoms with Crippen LogP contribution >= 0.6 is 0 Å². The highest BCUT2D eigenvalue weighted by Crippen LogP contribution is 2.43. The van der Waals surface area contributed by atoms with Crippen LogP contribution in [0.3, 0.4) is 0 Å². The van der Waals surface area contributed by atoms with Crippen molar-refractivity contribution in [2.24, 2.45) is 5.10 Å². The van der Waals surface area contributed by atoms with Gasteiger partial charge in [-0.3, -0.25) is 35.8 Å². The number of phenols is 2. The van der Waals surface area contributed by atoms with E-state index in [0.717, 1.165) is 18.2 Å². The third-order valence-corrected chi connectivity index (χ3v) is 4.14. The molecule has 3 N–H and O–H groups in total. The second kappa shape index (κ2) is 6.79. The maximum atomic E-state index is 11.3. The number of nitro groups is 3. The molecule has 0 saturated heterocycles. The first-order valence-corrected chi connectivity index (χ1v) is 7.68. The predicted molar refractivity (Wildman–Crippen MR) is 94.7 cm³/mol. The Bertz CT molecular complexity index is 1060. The Morgan fingerprint density at radius 3 is 2.29 bits per heavy atom. The topological polar surface area (TPSA) is 194 Å². The molecule has 13 nitrogen and oxygen atoms in total. The van der Waals surface area contributed by atoms with Crippen LogP contribution < -0.4 is 5.43 Å². The smallest absolute Gasteiger partial charge is 0.323 e. The van der Waals surface area contributed by atoms with Gasteiger partial charge in [0.2, 0.25) is 5.75 Å². The maximum Gasteiger partial charge on any atom is 0.323 e. The van der Waals surface area contributed by atoms with Crippen molar-refractivity contribution in [1.82, 2.24) is 0 Å². The summed E-state index contributed by atoms with van der Waals surface area (Å²) in [5.74, 6) is -1.54. The molecule has 0 spiro atoms. The second-order valence-corrected chi connectivity index (χ2v) is 5.77.